The summed E-state index contributed by atoms with van der Waals surface area (Å²) in [6.07, 6.45) is 4.37. The minimum absolute atomic E-state index is 0.0105. The molecule has 0 saturated heterocycles. The highest BCUT2D eigenvalue weighted by molar-refractivity contribution is 5.81. The third-order valence-corrected chi connectivity index (χ3v) is 5.21. The SMILES string of the molecule is C=CC(=O)OCCC(CCOC(=O)C=C)(Cn1c(=O)[nH]c(=O)[nH]c1=O)OCCCCC(C)OC(=O)C=C. The number of nitrogens with zero attached hydrogens (tertiary/aromatic N) is 1. The van der Waals surface area contributed by atoms with Gasteiger partial charge in [-0.15, -0.1) is 0 Å². The molecule has 1 atom stereocenters. The second kappa shape index (κ2) is 15.9. The lowest BCUT2D eigenvalue weighted by atomic mass is 9.95. The van der Waals surface area contributed by atoms with Crippen LogP contribution in [0, 0.1) is 0 Å². The number of carbonyl (C=O) groups is 3. The molecule has 13 nitrogen and oxygen atoms in total. The van der Waals surface area contributed by atoms with Gasteiger partial charge in [0.1, 0.15) is 0 Å². The van der Waals surface area contributed by atoms with E-state index < -0.39 is 40.6 Å². The molecule has 0 fully saturated rings. The van der Waals surface area contributed by atoms with Gasteiger partial charge in [0.2, 0.25) is 0 Å². The van der Waals surface area contributed by atoms with Crippen molar-refractivity contribution in [3.8, 4) is 0 Å². The normalized spacial score (nSPS) is 11.7. The fourth-order valence-corrected chi connectivity index (χ4v) is 3.28. The van der Waals surface area contributed by atoms with Gasteiger partial charge >= 0.3 is 35.0 Å². The Balaban J connectivity index is 3.09. The van der Waals surface area contributed by atoms with Gasteiger partial charge in [-0.3, -0.25) is 9.97 Å². The first kappa shape index (κ1) is 31.0. The average Bonchev–Trinajstić information content (AvgIpc) is 2.85. The van der Waals surface area contributed by atoms with Crippen LogP contribution in [0.2, 0.25) is 0 Å². The van der Waals surface area contributed by atoms with Crippen LogP contribution in [0.4, 0.5) is 0 Å². The number of rotatable bonds is 18. The van der Waals surface area contributed by atoms with Crippen LogP contribution in [0.3, 0.4) is 0 Å². The maximum absolute atomic E-state index is 12.3. The van der Waals surface area contributed by atoms with E-state index in [-0.39, 0.29) is 45.3 Å². The molecular weight excluding hydrogens is 490 g/mol. The number of nitrogens with one attached hydrogen (secondary N) is 2. The topological polar surface area (TPSA) is 176 Å². The van der Waals surface area contributed by atoms with Crippen LogP contribution in [0.25, 0.3) is 0 Å². The second-order valence-electron chi connectivity index (χ2n) is 8.00. The Bertz CT molecular complexity index is 1070. The summed E-state index contributed by atoms with van der Waals surface area (Å²) in [6, 6.07) is 0. The van der Waals surface area contributed by atoms with Crippen molar-refractivity contribution in [3.63, 3.8) is 0 Å². The van der Waals surface area contributed by atoms with Gasteiger partial charge < -0.3 is 18.9 Å². The molecule has 0 bridgehead atoms. The molecule has 2 N–H and O–H groups in total. The van der Waals surface area contributed by atoms with Gasteiger partial charge in [0.25, 0.3) is 0 Å². The third-order valence-electron chi connectivity index (χ3n) is 5.21. The molecule has 0 aromatic carbocycles. The number of carbonyl (C=O) groups excluding carboxylic acids is 3. The summed E-state index contributed by atoms with van der Waals surface area (Å²) >= 11 is 0. The van der Waals surface area contributed by atoms with Gasteiger partial charge in [-0.1, -0.05) is 19.7 Å². The molecule has 0 aliphatic rings. The van der Waals surface area contributed by atoms with Crippen molar-refractivity contribution >= 4 is 17.9 Å². The molecule has 1 unspecified atom stereocenters. The van der Waals surface area contributed by atoms with Crippen LogP contribution in [0.5, 0.6) is 0 Å². The van der Waals surface area contributed by atoms with E-state index in [4.69, 9.17) is 18.9 Å². The lowest BCUT2D eigenvalue weighted by Gasteiger charge is -2.34. The summed E-state index contributed by atoms with van der Waals surface area (Å²) in [5.74, 6) is -1.90. The van der Waals surface area contributed by atoms with Gasteiger partial charge in [0.15, 0.2) is 0 Å². The lowest BCUT2D eigenvalue weighted by molar-refractivity contribution is -0.144. The number of esters is 3. The second-order valence-corrected chi connectivity index (χ2v) is 8.00. The Labute approximate surface area is 212 Å². The summed E-state index contributed by atoms with van der Waals surface area (Å²) in [5.41, 5.74) is -4.22. The van der Waals surface area contributed by atoms with Gasteiger partial charge in [-0.2, -0.15) is 0 Å². The molecule has 1 rings (SSSR count). The fourth-order valence-electron chi connectivity index (χ4n) is 3.28. The highest BCUT2D eigenvalue weighted by Crippen LogP contribution is 2.24. The first-order valence-corrected chi connectivity index (χ1v) is 11.5. The molecule has 13 heteroatoms. The molecule has 1 heterocycles. The Morgan fingerprint density at radius 3 is 1.86 bits per heavy atom. The number of ether oxygens (including phenoxy) is 4. The van der Waals surface area contributed by atoms with Crippen molar-refractivity contribution in [2.45, 2.75) is 57.3 Å². The molecule has 204 valence electrons. The van der Waals surface area contributed by atoms with Crippen LogP contribution in [0.15, 0.2) is 52.3 Å². The largest absolute Gasteiger partial charge is 0.462 e. The predicted octanol–water partition coefficient (Wildman–Crippen LogP) is 0.507. The summed E-state index contributed by atoms with van der Waals surface area (Å²) in [7, 11) is 0. The first-order chi connectivity index (χ1) is 17.6. The number of H-pyrrole nitrogens is 2. The number of aromatic amines is 2. The predicted molar refractivity (Wildman–Crippen MR) is 132 cm³/mol. The van der Waals surface area contributed by atoms with E-state index in [0.29, 0.717) is 19.3 Å². The average molecular weight is 524 g/mol. The van der Waals surface area contributed by atoms with E-state index >= 15 is 0 Å². The Morgan fingerprint density at radius 1 is 0.865 bits per heavy atom. The molecule has 1 aromatic rings. The molecule has 37 heavy (non-hydrogen) atoms. The third kappa shape index (κ3) is 11.5. The lowest BCUT2D eigenvalue weighted by Crippen LogP contribution is -2.50. The molecule has 0 radical (unpaired) electrons. The highest BCUT2D eigenvalue weighted by Gasteiger charge is 2.34. The fraction of sp³-hybridized carbons (Fsp3) is 0.500. The van der Waals surface area contributed by atoms with Crippen LogP contribution in [0.1, 0.15) is 39.0 Å². The highest BCUT2D eigenvalue weighted by atomic mass is 16.5. The molecule has 1 aromatic heterocycles. The number of hydrogen-bond acceptors (Lipinski definition) is 10. The van der Waals surface area contributed by atoms with Crippen molar-refractivity contribution in [1.29, 1.82) is 0 Å². The van der Waals surface area contributed by atoms with Gasteiger partial charge in [0.05, 0.1) is 31.5 Å². The van der Waals surface area contributed by atoms with Crippen LogP contribution < -0.4 is 17.1 Å². The molecule has 0 aliphatic heterocycles. The van der Waals surface area contributed by atoms with E-state index in [9.17, 15) is 28.8 Å². The van der Waals surface area contributed by atoms with Crippen LogP contribution in [-0.4, -0.2) is 64.0 Å². The smallest absolute Gasteiger partial charge is 0.333 e. The minimum atomic E-state index is -1.32. The molecule has 0 spiro atoms. The van der Waals surface area contributed by atoms with Crippen molar-refractivity contribution in [2.24, 2.45) is 0 Å². The van der Waals surface area contributed by atoms with Crippen molar-refractivity contribution in [1.82, 2.24) is 14.5 Å². The number of aromatic nitrogens is 3. The zero-order valence-electron chi connectivity index (χ0n) is 20.8. The van der Waals surface area contributed by atoms with E-state index in [1.165, 1.54) is 0 Å². The maximum Gasteiger partial charge on any atom is 0.333 e. The van der Waals surface area contributed by atoms with E-state index in [2.05, 4.69) is 19.7 Å². The first-order valence-electron chi connectivity index (χ1n) is 11.5. The van der Waals surface area contributed by atoms with Crippen molar-refractivity contribution in [3.05, 3.63) is 69.4 Å². The molecular formula is C24H33N3O10. The zero-order valence-corrected chi connectivity index (χ0v) is 20.8. The molecule has 0 amide bonds. The maximum atomic E-state index is 12.3. The van der Waals surface area contributed by atoms with Gasteiger partial charge in [0, 0.05) is 37.7 Å². The van der Waals surface area contributed by atoms with Gasteiger partial charge in [-0.05, 0) is 26.2 Å². The Morgan fingerprint density at radius 2 is 1.38 bits per heavy atom. The van der Waals surface area contributed by atoms with Crippen molar-refractivity contribution in [2.75, 3.05) is 19.8 Å². The number of unbranched alkanes of at least 4 members (excludes halogenated alkanes) is 1. The molecule has 0 aliphatic carbocycles. The minimum Gasteiger partial charge on any atom is -0.462 e. The van der Waals surface area contributed by atoms with Crippen LogP contribution in [-0.2, 0) is 39.9 Å². The summed E-state index contributed by atoms with van der Waals surface area (Å²) < 4.78 is 22.1. The summed E-state index contributed by atoms with van der Waals surface area (Å²) in [4.78, 5) is 74.5. The van der Waals surface area contributed by atoms with Crippen LogP contribution >= 0.6 is 0 Å². The quantitative estimate of drug-likeness (QED) is 0.119. The monoisotopic (exact) mass is 523 g/mol. The zero-order chi connectivity index (χ0) is 27.8. The van der Waals surface area contributed by atoms with E-state index in [0.717, 1.165) is 22.8 Å². The Kier molecular flexibility index (Phi) is 13.3. The number of hydrogen-bond donors (Lipinski definition) is 2. The van der Waals surface area contributed by atoms with E-state index in [1.807, 2.05) is 9.97 Å². The van der Waals surface area contributed by atoms with Crippen molar-refractivity contribution < 1.29 is 33.3 Å². The van der Waals surface area contributed by atoms with E-state index in [1.54, 1.807) is 6.92 Å². The standard InChI is InChI=1S/C24H33N3O10/c1-5-18(28)34-14-11-24(12-15-35-19(29)6-2,16-27-22(32)25-21(31)26-23(27)33)36-13-9-8-10-17(4)37-20(30)7-3/h5-7,17H,1-3,8-16H2,4H3,(H2,25,26,31,32,33). The molecule has 0 saturated carbocycles. The summed E-state index contributed by atoms with van der Waals surface area (Å²) in [6.45, 7) is 11.2. The van der Waals surface area contributed by atoms with Gasteiger partial charge in [-0.25, -0.2) is 33.3 Å². The summed E-state index contributed by atoms with van der Waals surface area (Å²) in [5, 5.41) is 0. The Hall–Kier alpha value is -4.00.